The van der Waals surface area contributed by atoms with Crippen LogP contribution in [0.5, 0.6) is 11.9 Å². The monoisotopic (exact) mass is 422 g/mol. The standard InChI is InChI=1S/C17H22N6O5S/c1-4-28-14(24)8-18-15(25)22-17-19-10-5-6-23(9-11(10)29-17)12-7-13(26-2)21-16(20-12)27-3/h7H,4-6,8-9H2,1-3H3,(H2,18,19,22,25). The molecular weight excluding hydrogens is 400 g/mol. The van der Waals surface area contributed by atoms with E-state index in [1.54, 1.807) is 13.0 Å². The molecule has 1 aliphatic rings. The van der Waals surface area contributed by atoms with Crippen molar-refractivity contribution in [3.05, 3.63) is 16.6 Å². The summed E-state index contributed by atoms with van der Waals surface area (Å²) >= 11 is 1.38. The van der Waals surface area contributed by atoms with Crippen molar-refractivity contribution in [2.45, 2.75) is 19.9 Å². The number of esters is 1. The van der Waals surface area contributed by atoms with Crippen LogP contribution < -0.4 is 25.0 Å². The summed E-state index contributed by atoms with van der Waals surface area (Å²) in [6.07, 6.45) is 0.701. The van der Waals surface area contributed by atoms with E-state index in [1.165, 1.54) is 25.6 Å². The molecule has 3 rings (SSSR count). The quantitative estimate of drug-likeness (QED) is 0.633. The summed E-state index contributed by atoms with van der Waals surface area (Å²) in [5.74, 6) is 0.615. The van der Waals surface area contributed by atoms with Crippen LogP contribution in [0.3, 0.4) is 0 Å². The average Bonchev–Trinajstić information content (AvgIpc) is 3.13. The Labute approximate surface area is 171 Å². The highest BCUT2D eigenvalue weighted by atomic mass is 32.1. The Morgan fingerprint density at radius 1 is 1.24 bits per heavy atom. The van der Waals surface area contributed by atoms with E-state index >= 15 is 0 Å². The molecule has 0 saturated carbocycles. The van der Waals surface area contributed by atoms with E-state index in [9.17, 15) is 9.59 Å². The average molecular weight is 422 g/mol. The first kappa shape index (κ1) is 20.6. The van der Waals surface area contributed by atoms with Crippen molar-refractivity contribution in [1.82, 2.24) is 20.3 Å². The van der Waals surface area contributed by atoms with Crippen LogP contribution in [0.1, 0.15) is 17.5 Å². The fraction of sp³-hybridized carbons (Fsp3) is 0.471. The van der Waals surface area contributed by atoms with Crippen molar-refractivity contribution < 1.29 is 23.8 Å². The number of hydrogen-bond donors (Lipinski definition) is 2. The van der Waals surface area contributed by atoms with E-state index in [0.29, 0.717) is 36.3 Å². The van der Waals surface area contributed by atoms with Gasteiger partial charge in [-0.05, 0) is 6.92 Å². The molecule has 0 aliphatic carbocycles. The molecule has 12 heteroatoms. The Hall–Kier alpha value is -3.15. The summed E-state index contributed by atoms with van der Waals surface area (Å²) < 4.78 is 15.1. The SMILES string of the molecule is CCOC(=O)CNC(=O)Nc1nc2c(s1)CN(c1cc(OC)nc(OC)n1)CC2. The molecule has 156 valence electrons. The van der Waals surface area contributed by atoms with Gasteiger partial charge >= 0.3 is 18.0 Å². The van der Waals surface area contributed by atoms with Crippen molar-refractivity contribution in [3.8, 4) is 11.9 Å². The van der Waals surface area contributed by atoms with Crippen LogP contribution >= 0.6 is 11.3 Å². The van der Waals surface area contributed by atoms with Crippen molar-refractivity contribution >= 4 is 34.3 Å². The van der Waals surface area contributed by atoms with E-state index < -0.39 is 12.0 Å². The molecule has 2 amide bonds. The summed E-state index contributed by atoms with van der Waals surface area (Å²) in [4.78, 5) is 39.3. The summed E-state index contributed by atoms with van der Waals surface area (Å²) in [6, 6.07) is 1.47. The molecule has 3 heterocycles. The van der Waals surface area contributed by atoms with Gasteiger partial charge in [0, 0.05) is 23.9 Å². The molecule has 2 N–H and O–H groups in total. The third kappa shape index (κ3) is 5.22. The number of anilines is 2. The lowest BCUT2D eigenvalue weighted by molar-refractivity contribution is -0.141. The number of aromatic nitrogens is 3. The number of carbonyl (C=O) groups is 2. The number of nitrogens with zero attached hydrogens (tertiary/aromatic N) is 4. The fourth-order valence-corrected chi connectivity index (χ4v) is 3.72. The Balaban J connectivity index is 1.64. The largest absolute Gasteiger partial charge is 0.481 e. The highest BCUT2D eigenvalue weighted by Crippen LogP contribution is 2.31. The van der Waals surface area contributed by atoms with Crippen molar-refractivity contribution in [3.63, 3.8) is 0 Å². The normalized spacial score (nSPS) is 12.7. The van der Waals surface area contributed by atoms with Crippen LogP contribution in [0.25, 0.3) is 0 Å². The number of fused-ring (bicyclic) bond motifs is 1. The van der Waals surface area contributed by atoms with E-state index in [4.69, 9.17) is 14.2 Å². The van der Waals surface area contributed by atoms with Gasteiger partial charge in [0.2, 0.25) is 5.88 Å². The van der Waals surface area contributed by atoms with Gasteiger partial charge in [0.05, 0.1) is 33.1 Å². The number of rotatable bonds is 7. The number of nitrogens with one attached hydrogen (secondary N) is 2. The first-order chi connectivity index (χ1) is 14.0. The number of hydrogen-bond acceptors (Lipinski definition) is 10. The zero-order valence-electron chi connectivity index (χ0n) is 16.4. The summed E-state index contributed by atoms with van der Waals surface area (Å²) in [5.41, 5.74) is 0.930. The molecule has 0 aromatic carbocycles. The molecule has 11 nitrogen and oxygen atoms in total. The number of methoxy groups -OCH3 is 2. The fourth-order valence-electron chi connectivity index (χ4n) is 2.70. The van der Waals surface area contributed by atoms with Crippen molar-refractivity contribution in [2.24, 2.45) is 0 Å². The van der Waals surface area contributed by atoms with Gasteiger partial charge in [-0.15, -0.1) is 0 Å². The molecule has 0 fully saturated rings. The van der Waals surface area contributed by atoms with Gasteiger partial charge < -0.3 is 24.4 Å². The van der Waals surface area contributed by atoms with Gasteiger partial charge in [0.15, 0.2) is 5.13 Å². The Morgan fingerprint density at radius 3 is 2.79 bits per heavy atom. The predicted molar refractivity (Wildman–Crippen MR) is 106 cm³/mol. The molecule has 0 atom stereocenters. The van der Waals surface area contributed by atoms with Gasteiger partial charge in [0.25, 0.3) is 0 Å². The van der Waals surface area contributed by atoms with E-state index in [2.05, 4.69) is 30.5 Å². The molecule has 2 aromatic heterocycles. The molecule has 2 aromatic rings. The van der Waals surface area contributed by atoms with Gasteiger partial charge in [-0.2, -0.15) is 9.97 Å². The van der Waals surface area contributed by atoms with Crippen LogP contribution in [-0.4, -0.2) is 60.9 Å². The van der Waals surface area contributed by atoms with Crippen molar-refractivity contribution in [2.75, 3.05) is 44.1 Å². The summed E-state index contributed by atoms with van der Waals surface area (Å²) in [5, 5.41) is 5.56. The van der Waals surface area contributed by atoms with E-state index in [1.807, 2.05) is 0 Å². The van der Waals surface area contributed by atoms with E-state index in [0.717, 1.165) is 10.6 Å². The zero-order chi connectivity index (χ0) is 20.8. The molecule has 0 radical (unpaired) electrons. The Bertz CT molecular complexity index is 867. The van der Waals surface area contributed by atoms with Gasteiger partial charge in [-0.25, -0.2) is 9.78 Å². The predicted octanol–water partition coefficient (Wildman–Crippen LogP) is 1.20. The topological polar surface area (TPSA) is 128 Å². The van der Waals surface area contributed by atoms with Gasteiger partial charge in [-0.3, -0.25) is 10.1 Å². The van der Waals surface area contributed by atoms with Crippen LogP contribution in [-0.2, 0) is 22.5 Å². The Kier molecular flexibility index (Phi) is 6.65. The van der Waals surface area contributed by atoms with Gasteiger partial charge in [-0.1, -0.05) is 11.3 Å². The first-order valence-corrected chi connectivity index (χ1v) is 9.75. The maximum Gasteiger partial charge on any atom is 0.325 e. The second-order valence-corrected chi connectivity index (χ2v) is 7.01. The third-order valence-corrected chi connectivity index (χ3v) is 5.03. The molecule has 0 bridgehead atoms. The maximum absolute atomic E-state index is 11.9. The third-order valence-electron chi connectivity index (χ3n) is 4.03. The summed E-state index contributed by atoms with van der Waals surface area (Å²) in [7, 11) is 3.04. The van der Waals surface area contributed by atoms with Gasteiger partial charge in [0.1, 0.15) is 12.4 Å². The lowest BCUT2D eigenvalue weighted by atomic mass is 10.2. The number of ether oxygens (including phenoxy) is 3. The lowest BCUT2D eigenvalue weighted by Crippen LogP contribution is -2.34. The minimum Gasteiger partial charge on any atom is -0.481 e. The minimum atomic E-state index is -0.508. The first-order valence-electron chi connectivity index (χ1n) is 8.93. The highest BCUT2D eigenvalue weighted by molar-refractivity contribution is 7.15. The molecule has 0 saturated heterocycles. The molecule has 0 unspecified atom stereocenters. The van der Waals surface area contributed by atoms with Crippen LogP contribution in [0, 0.1) is 0 Å². The highest BCUT2D eigenvalue weighted by Gasteiger charge is 2.23. The smallest absolute Gasteiger partial charge is 0.325 e. The second-order valence-electron chi connectivity index (χ2n) is 5.93. The van der Waals surface area contributed by atoms with Crippen LogP contribution in [0.2, 0.25) is 0 Å². The molecular formula is C17H22N6O5S. The lowest BCUT2D eigenvalue weighted by Gasteiger charge is -2.27. The molecule has 0 spiro atoms. The number of urea groups is 1. The maximum atomic E-state index is 11.9. The van der Waals surface area contributed by atoms with E-state index in [-0.39, 0.29) is 19.2 Å². The summed E-state index contributed by atoms with van der Waals surface area (Å²) in [6.45, 7) is 3.06. The minimum absolute atomic E-state index is 0.198. The number of carbonyl (C=O) groups excluding carboxylic acids is 2. The second kappa shape index (κ2) is 9.37. The molecule has 29 heavy (non-hydrogen) atoms. The Morgan fingerprint density at radius 2 is 2.07 bits per heavy atom. The number of amides is 2. The molecule has 1 aliphatic heterocycles. The van der Waals surface area contributed by atoms with Crippen LogP contribution in [0.15, 0.2) is 6.07 Å². The van der Waals surface area contributed by atoms with Crippen LogP contribution in [0.4, 0.5) is 15.7 Å². The number of thiazole rings is 1. The zero-order valence-corrected chi connectivity index (χ0v) is 17.2. The van der Waals surface area contributed by atoms with Crippen molar-refractivity contribution in [1.29, 1.82) is 0 Å².